The Balaban J connectivity index is 1.81. The van der Waals surface area contributed by atoms with Crippen molar-refractivity contribution in [1.82, 2.24) is 4.90 Å². The van der Waals surface area contributed by atoms with Crippen LogP contribution in [0.1, 0.15) is 26.2 Å². The van der Waals surface area contributed by atoms with Crippen LogP contribution in [0.2, 0.25) is 5.02 Å². The lowest BCUT2D eigenvalue weighted by Gasteiger charge is -2.48. The van der Waals surface area contributed by atoms with Crippen LogP contribution in [-0.4, -0.2) is 36.6 Å². The van der Waals surface area contributed by atoms with Gasteiger partial charge in [-0.1, -0.05) is 18.0 Å². The summed E-state index contributed by atoms with van der Waals surface area (Å²) >= 11 is 9.63. The van der Waals surface area contributed by atoms with Gasteiger partial charge in [0.1, 0.15) is 0 Å². The highest BCUT2D eigenvalue weighted by Gasteiger charge is 2.33. The number of piperazine rings is 1. The van der Waals surface area contributed by atoms with Gasteiger partial charge in [0.05, 0.1) is 5.02 Å². The van der Waals surface area contributed by atoms with Crippen molar-refractivity contribution in [1.29, 1.82) is 0 Å². The van der Waals surface area contributed by atoms with Gasteiger partial charge >= 0.3 is 0 Å². The predicted molar refractivity (Wildman–Crippen MR) is 85.2 cm³/mol. The molecule has 0 radical (unpaired) electrons. The number of nitrogens with zero attached hydrogens (tertiary/aromatic N) is 2. The summed E-state index contributed by atoms with van der Waals surface area (Å²) in [5.41, 5.74) is 1.29. The number of rotatable bonds is 1. The molecule has 19 heavy (non-hydrogen) atoms. The summed E-state index contributed by atoms with van der Waals surface area (Å²) < 4.78 is 0.991. The molecular weight excluding hydrogens is 324 g/mol. The lowest BCUT2D eigenvalue weighted by atomic mass is 9.96. The molecule has 0 spiro atoms. The van der Waals surface area contributed by atoms with E-state index in [1.54, 1.807) is 0 Å². The number of fused-ring (bicyclic) bond motifs is 1. The Morgan fingerprint density at radius 1 is 1.26 bits per heavy atom. The number of hydrogen-bond donors (Lipinski definition) is 0. The van der Waals surface area contributed by atoms with E-state index < -0.39 is 0 Å². The summed E-state index contributed by atoms with van der Waals surface area (Å²) in [5, 5.41) is 0.785. The summed E-state index contributed by atoms with van der Waals surface area (Å²) in [4.78, 5) is 5.21. The summed E-state index contributed by atoms with van der Waals surface area (Å²) in [5.74, 6) is 0. The van der Waals surface area contributed by atoms with Gasteiger partial charge in [-0.05, 0) is 60.4 Å². The molecular formula is C15H20BrClN2. The largest absolute Gasteiger partial charge is 0.366 e. The van der Waals surface area contributed by atoms with Crippen LogP contribution in [0.5, 0.6) is 0 Å². The minimum Gasteiger partial charge on any atom is -0.366 e. The number of piperidine rings is 1. The molecule has 0 N–H and O–H groups in total. The molecule has 1 aromatic rings. The van der Waals surface area contributed by atoms with Crippen molar-refractivity contribution < 1.29 is 0 Å². The molecule has 2 heterocycles. The number of hydrogen-bond acceptors (Lipinski definition) is 2. The van der Waals surface area contributed by atoms with Gasteiger partial charge in [-0.25, -0.2) is 0 Å². The second-order valence-electron chi connectivity index (χ2n) is 5.74. The molecule has 2 aliphatic heterocycles. The molecule has 2 aliphatic rings. The van der Waals surface area contributed by atoms with Crippen molar-refractivity contribution in [2.75, 3.05) is 24.5 Å². The average Bonchev–Trinajstić information content (AvgIpc) is 2.41. The van der Waals surface area contributed by atoms with Crippen LogP contribution < -0.4 is 4.90 Å². The normalized spacial score (nSPS) is 28.3. The fraction of sp³-hybridized carbons (Fsp3) is 0.600. The van der Waals surface area contributed by atoms with Crippen LogP contribution in [0.4, 0.5) is 5.69 Å². The van der Waals surface area contributed by atoms with Crippen LogP contribution in [-0.2, 0) is 0 Å². The van der Waals surface area contributed by atoms with Crippen LogP contribution in [0.25, 0.3) is 0 Å². The molecule has 2 fully saturated rings. The summed E-state index contributed by atoms with van der Waals surface area (Å²) in [6.45, 7) is 5.95. The summed E-state index contributed by atoms with van der Waals surface area (Å²) in [6.07, 6.45) is 4.10. The van der Waals surface area contributed by atoms with Gasteiger partial charge in [-0.2, -0.15) is 0 Å². The van der Waals surface area contributed by atoms with E-state index in [1.165, 1.54) is 38.0 Å². The quantitative estimate of drug-likeness (QED) is 0.755. The van der Waals surface area contributed by atoms with Gasteiger partial charge in [-0.3, -0.25) is 4.90 Å². The SMILES string of the molecule is CC1CN2CCCCC2CN1c1ccc(Cl)c(Br)c1. The topological polar surface area (TPSA) is 6.48 Å². The maximum atomic E-state index is 6.09. The Labute approximate surface area is 128 Å². The van der Waals surface area contributed by atoms with Crippen molar-refractivity contribution in [3.63, 3.8) is 0 Å². The fourth-order valence-corrected chi connectivity index (χ4v) is 3.86. The third kappa shape index (κ3) is 2.79. The third-order valence-corrected chi connectivity index (χ3v) is 5.64. The lowest BCUT2D eigenvalue weighted by Crippen LogP contribution is -2.58. The fourth-order valence-electron chi connectivity index (χ4n) is 3.38. The molecule has 2 nitrogen and oxygen atoms in total. The van der Waals surface area contributed by atoms with E-state index in [0.717, 1.165) is 22.1 Å². The highest BCUT2D eigenvalue weighted by atomic mass is 79.9. The second-order valence-corrected chi connectivity index (χ2v) is 7.01. The molecule has 2 unspecified atom stereocenters. The molecule has 104 valence electrons. The number of anilines is 1. The molecule has 1 aromatic carbocycles. The summed E-state index contributed by atoms with van der Waals surface area (Å²) in [7, 11) is 0. The standard InChI is InChI=1S/C15H20BrClN2/c1-11-9-18-7-3-2-4-13(18)10-19(11)12-5-6-15(17)14(16)8-12/h5-6,8,11,13H,2-4,7,9-10H2,1H3. The first-order valence-electron chi connectivity index (χ1n) is 7.11. The minimum absolute atomic E-state index is 0.572. The average molecular weight is 344 g/mol. The Hall–Kier alpha value is -0.250. The van der Waals surface area contributed by atoms with E-state index in [-0.39, 0.29) is 0 Å². The zero-order chi connectivity index (χ0) is 13.4. The maximum absolute atomic E-state index is 6.09. The first-order valence-corrected chi connectivity index (χ1v) is 8.28. The first kappa shape index (κ1) is 13.7. The molecule has 4 heteroatoms. The van der Waals surface area contributed by atoms with Gasteiger partial charge < -0.3 is 4.90 Å². The van der Waals surface area contributed by atoms with E-state index in [2.05, 4.69) is 44.8 Å². The number of benzene rings is 1. The first-order chi connectivity index (χ1) is 9.15. The van der Waals surface area contributed by atoms with Gasteiger partial charge in [-0.15, -0.1) is 0 Å². The zero-order valence-electron chi connectivity index (χ0n) is 11.3. The van der Waals surface area contributed by atoms with E-state index in [4.69, 9.17) is 11.6 Å². The van der Waals surface area contributed by atoms with Crippen LogP contribution in [0.15, 0.2) is 22.7 Å². The lowest BCUT2D eigenvalue weighted by molar-refractivity contribution is 0.115. The monoisotopic (exact) mass is 342 g/mol. The Morgan fingerprint density at radius 3 is 2.89 bits per heavy atom. The van der Waals surface area contributed by atoms with Crippen molar-refractivity contribution in [2.45, 2.75) is 38.3 Å². The third-order valence-electron chi connectivity index (χ3n) is 4.42. The van der Waals surface area contributed by atoms with E-state index in [0.29, 0.717) is 6.04 Å². The second kappa shape index (κ2) is 5.63. The molecule has 3 rings (SSSR count). The number of halogens is 2. The Bertz CT molecular complexity index is 465. The van der Waals surface area contributed by atoms with Crippen molar-refractivity contribution >= 4 is 33.2 Å². The molecule has 0 aromatic heterocycles. The zero-order valence-corrected chi connectivity index (χ0v) is 13.6. The molecule has 2 atom stereocenters. The van der Waals surface area contributed by atoms with Crippen LogP contribution >= 0.6 is 27.5 Å². The molecule has 0 amide bonds. The minimum atomic E-state index is 0.572. The van der Waals surface area contributed by atoms with Gasteiger partial charge in [0.2, 0.25) is 0 Å². The molecule has 0 bridgehead atoms. The highest BCUT2D eigenvalue weighted by molar-refractivity contribution is 9.10. The van der Waals surface area contributed by atoms with Crippen LogP contribution in [0, 0.1) is 0 Å². The highest BCUT2D eigenvalue weighted by Crippen LogP contribution is 2.32. The van der Waals surface area contributed by atoms with Crippen LogP contribution in [0.3, 0.4) is 0 Å². The van der Waals surface area contributed by atoms with E-state index >= 15 is 0 Å². The smallest absolute Gasteiger partial charge is 0.0549 e. The maximum Gasteiger partial charge on any atom is 0.0549 e. The van der Waals surface area contributed by atoms with Crippen molar-refractivity contribution in [3.05, 3.63) is 27.7 Å². The van der Waals surface area contributed by atoms with Crippen molar-refractivity contribution in [3.8, 4) is 0 Å². The van der Waals surface area contributed by atoms with Gasteiger partial charge in [0.25, 0.3) is 0 Å². The van der Waals surface area contributed by atoms with E-state index in [9.17, 15) is 0 Å². The van der Waals surface area contributed by atoms with Crippen molar-refractivity contribution in [2.24, 2.45) is 0 Å². The Kier molecular flexibility index (Phi) is 4.06. The van der Waals surface area contributed by atoms with Gasteiger partial charge in [0, 0.05) is 35.3 Å². The van der Waals surface area contributed by atoms with Gasteiger partial charge in [0.15, 0.2) is 0 Å². The molecule has 0 saturated carbocycles. The van der Waals surface area contributed by atoms with E-state index in [1.807, 2.05) is 6.07 Å². The molecule has 0 aliphatic carbocycles. The predicted octanol–water partition coefficient (Wildman–Crippen LogP) is 4.17. The summed E-state index contributed by atoms with van der Waals surface area (Å²) in [6, 6.07) is 7.59. The Morgan fingerprint density at radius 2 is 2.11 bits per heavy atom. The molecule has 2 saturated heterocycles.